The van der Waals surface area contributed by atoms with Gasteiger partial charge in [-0.3, -0.25) is 4.79 Å². The van der Waals surface area contributed by atoms with Crippen molar-refractivity contribution >= 4 is 17.7 Å². The number of rotatable bonds is 7. The molecular weight excluding hydrogens is 241 g/mol. The Labute approximate surface area is 104 Å². The molecule has 1 aromatic carbocycles. The van der Waals surface area contributed by atoms with Crippen LogP contribution in [0.1, 0.15) is 13.3 Å². The van der Waals surface area contributed by atoms with Crippen LogP contribution in [-0.4, -0.2) is 29.4 Å². The summed E-state index contributed by atoms with van der Waals surface area (Å²) in [5, 5.41) is 11.8. The van der Waals surface area contributed by atoms with Crippen molar-refractivity contribution < 1.29 is 14.3 Å². The Balaban J connectivity index is 2.38. The summed E-state index contributed by atoms with van der Waals surface area (Å²) in [4.78, 5) is 11.7. The van der Waals surface area contributed by atoms with Gasteiger partial charge in [-0.25, -0.2) is 4.39 Å². The van der Waals surface area contributed by atoms with E-state index in [0.717, 1.165) is 4.90 Å². The molecule has 1 atom stereocenters. The van der Waals surface area contributed by atoms with E-state index in [-0.39, 0.29) is 5.82 Å². The minimum absolute atomic E-state index is 0.267. The lowest BCUT2D eigenvalue weighted by Crippen LogP contribution is -2.36. The number of carboxylic acids is 1. The molecule has 2 N–H and O–H groups in total. The summed E-state index contributed by atoms with van der Waals surface area (Å²) in [5.74, 6) is -0.462. The number of aliphatic carboxylic acids is 1. The highest BCUT2D eigenvalue weighted by Crippen LogP contribution is 2.19. The van der Waals surface area contributed by atoms with Gasteiger partial charge in [-0.15, -0.1) is 11.8 Å². The molecule has 1 rings (SSSR count). The van der Waals surface area contributed by atoms with Crippen molar-refractivity contribution in [2.75, 3.05) is 12.3 Å². The maximum Gasteiger partial charge on any atom is 0.320 e. The number of nitrogens with one attached hydrogen (secondary N) is 1. The zero-order valence-corrected chi connectivity index (χ0v) is 10.5. The Kier molecular flexibility index (Phi) is 6.00. The lowest BCUT2D eigenvalue weighted by molar-refractivity contribution is -0.139. The van der Waals surface area contributed by atoms with Crippen molar-refractivity contribution in [2.45, 2.75) is 24.3 Å². The lowest BCUT2D eigenvalue weighted by atomic mass is 10.2. The van der Waals surface area contributed by atoms with Crippen LogP contribution in [0.25, 0.3) is 0 Å². The van der Waals surface area contributed by atoms with Crippen LogP contribution in [0.4, 0.5) is 4.39 Å². The maximum absolute atomic E-state index is 12.9. The number of thioether (sulfide) groups is 1. The van der Waals surface area contributed by atoms with Crippen LogP contribution in [-0.2, 0) is 4.79 Å². The van der Waals surface area contributed by atoms with Gasteiger partial charge in [0.05, 0.1) is 0 Å². The number of halogens is 1. The second-order valence-corrected chi connectivity index (χ2v) is 4.71. The molecule has 0 heterocycles. The molecule has 0 spiro atoms. The average Bonchev–Trinajstić information content (AvgIpc) is 2.28. The molecule has 17 heavy (non-hydrogen) atoms. The zero-order chi connectivity index (χ0) is 12.7. The fourth-order valence-corrected chi connectivity index (χ4v) is 2.37. The predicted octanol–water partition coefficient (Wildman–Crippen LogP) is 2.37. The molecule has 0 aliphatic carbocycles. The van der Waals surface area contributed by atoms with Crippen molar-refractivity contribution in [2.24, 2.45) is 0 Å². The Morgan fingerprint density at radius 3 is 2.94 bits per heavy atom. The molecule has 0 radical (unpaired) electrons. The van der Waals surface area contributed by atoms with Crippen LogP contribution in [0.3, 0.4) is 0 Å². The largest absolute Gasteiger partial charge is 0.480 e. The summed E-state index contributed by atoms with van der Waals surface area (Å²) < 4.78 is 12.9. The first-order chi connectivity index (χ1) is 8.13. The monoisotopic (exact) mass is 257 g/mol. The molecule has 0 aromatic heterocycles. The zero-order valence-electron chi connectivity index (χ0n) is 9.65. The van der Waals surface area contributed by atoms with Crippen LogP contribution in [0.2, 0.25) is 0 Å². The molecule has 0 aliphatic heterocycles. The van der Waals surface area contributed by atoms with Crippen LogP contribution in [0.5, 0.6) is 0 Å². The molecule has 0 saturated carbocycles. The molecule has 0 aliphatic rings. The standard InChI is InChI=1S/C12H16FNO2S/c1-2-14-11(12(15)16)6-7-17-10-5-3-4-9(13)8-10/h3-5,8,11,14H,2,6-7H2,1H3,(H,15,16). The highest BCUT2D eigenvalue weighted by atomic mass is 32.2. The molecular formula is C12H16FNO2S. The number of hydrogen-bond acceptors (Lipinski definition) is 3. The first kappa shape index (κ1) is 14.0. The first-order valence-electron chi connectivity index (χ1n) is 5.48. The number of carboxylic acid groups (broad SMARTS) is 1. The number of benzene rings is 1. The van der Waals surface area contributed by atoms with Crippen molar-refractivity contribution in [1.29, 1.82) is 0 Å². The van der Waals surface area contributed by atoms with Crippen LogP contribution in [0.15, 0.2) is 29.2 Å². The van der Waals surface area contributed by atoms with E-state index in [1.54, 1.807) is 6.07 Å². The first-order valence-corrected chi connectivity index (χ1v) is 6.46. The predicted molar refractivity (Wildman–Crippen MR) is 66.8 cm³/mol. The summed E-state index contributed by atoms with van der Waals surface area (Å²) in [5.41, 5.74) is 0. The van der Waals surface area contributed by atoms with Crippen LogP contribution >= 0.6 is 11.8 Å². The van der Waals surface area contributed by atoms with Gasteiger partial charge < -0.3 is 10.4 Å². The number of hydrogen-bond donors (Lipinski definition) is 2. The molecule has 0 amide bonds. The van der Waals surface area contributed by atoms with Gasteiger partial charge in [0, 0.05) is 10.6 Å². The molecule has 3 nitrogen and oxygen atoms in total. The van der Waals surface area contributed by atoms with Crippen molar-refractivity contribution in [3.8, 4) is 0 Å². The number of likely N-dealkylation sites (N-methyl/N-ethyl adjacent to an activating group) is 1. The lowest BCUT2D eigenvalue weighted by Gasteiger charge is -2.12. The third-order valence-corrected chi connectivity index (χ3v) is 3.25. The maximum atomic E-state index is 12.9. The minimum atomic E-state index is -0.841. The Hall–Kier alpha value is -1.07. The average molecular weight is 257 g/mol. The minimum Gasteiger partial charge on any atom is -0.480 e. The van der Waals surface area contributed by atoms with Gasteiger partial charge in [-0.05, 0) is 31.2 Å². The Morgan fingerprint density at radius 2 is 2.35 bits per heavy atom. The summed E-state index contributed by atoms with van der Waals surface area (Å²) >= 11 is 1.46. The van der Waals surface area contributed by atoms with E-state index in [1.165, 1.54) is 23.9 Å². The van der Waals surface area contributed by atoms with E-state index < -0.39 is 12.0 Å². The fraction of sp³-hybridized carbons (Fsp3) is 0.417. The van der Waals surface area contributed by atoms with Crippen LogP contribution in [0, 0.1) is 5.82 Å². The molecule has 0 bridgehead atoms. The van der Waals surface area contributed by atoms with E-state index >= 15 is 0 Å². The van der Waals surface area contributed by atoms with Gasteiger partial charge in [0.2, 0.25) is 0 Å². The second kappa shape index (κ2) is 7.29. The molecule has 0 fully saturated rings. The molecule has 1 unspecified atom stereocenters. The van der Waals surface area contributed by atoms with Gasteiger partial charge >= 0.3 is 5.97 Å². The fourth-order valence-electron chi connectivity index (χ4n) is 1.41. The van der Waals surface area contributed by atoms with Gasteiger partial charge in [-0.2, -0.15) is 0 Å². The van der Waals surface area contributed by atoms with Gasteiger partial charge in [0.15, 0.2) is 0 Å². The second-order valence-electron chi connectivity index (χ2n) is 3.54. The highest BCUT2D eigenvalue weighted by Gasteiger charge is 2.15. The van der Waals surface area contributed by atoms with Gasteiger partial charge in [0.25, 0.3) is 0 Å². The quantitative estimate of drug-likeness (QED) is 0.736. The molecule has 1 aromatic rings. The van der Waals surface area contributed by atoms with Gasteiger partial charge in [-0.1, -0.05) is 13.0 Å². The third kappa shape index (κ3) is 5.19. The molecule has 5 heteroatoms. The van der Waals surface area contributed by atoms with Crippen LogP contribution < -0.4 is 5.32 Å². The van der Waals surface area contributed by atoms with Gasteiger partial charge in [0.1, 0.15) is 11.9 Å². The van der Waals surface area contributed by atoms with Crippen molar-refractivity contribution in [3.63, 3.8) is 0 Å². The Bertz CT molecular complexity index is 373. The smallest absolute Gasteiger partial charge is 0.320 e. The van der Waals surface area contributed by atoms with E-state index in [1.807, 2.05) is 13.0 Å². The van der Waals surface area contributed by atoms with E-state index in [9.17, 15) is 9.18 Å². The van der Waals surface area contributed by atoms with E-state index in [4.69, 9.17) is 5.11 Å². The Morgan fingerprint density at radius 1 is 1.59 bits per heavy atom. The number of carbonyl (C=O) groups is 1. The highest BCUT2D eigenvalue weighted by molar-refractivity contribution is 7.99. The normalized spacial score (nSPS) is 12.4. The summed E-state index contributed by atoms with van der Waals surface area (Å²) in [7, 11) is 0. The molecule has 94 valence electrons. The summed E-state index contributed by atoms with van der Waals surface area (Å²) in [6, 6.07) is 5.78. The molecule has 0 saturated heterocycles. The van der Waals surface area contributed by atoms with E-state index in [0.29, 0.717) is 18.7 Å². The van der Waals surface area contributed by atoms with E-state index in [2.05, 4.69) is 5.32 Å². The SMILES string of the molecule is CCNC(CCSc1cccc(F)c1)C(=O)O. The third-order valence-electron chi connectivity index (χ3n) is 2.22. The summed E-state index contributed by atoms with van der Waals surface area (Å²) in [6.45, 7) is 2.50. The van der Waals surface area contributed by atoms with Crippen molar-refractivity contribution in [1.82, 2.24) is 5.32 Å². The topological polar surface area (TPSA) is 49.3 Å². The van der Waals surface area contributed by atoms with Crippen molar-refractivity contribution in [3.05, 3.63) is 30.1 Å². The summed E-state index contributed by atoms with van der Waals surface area (Å²) in [6.07, 6.45) is 0.518.